The van der Waals surface area contributed by atoms with E-state index in [4.69, 9.17) is 15.2 Å². The number of hydrazine groups is 1. The topological polar surface area (TPSA) is 112 Å². The van der Waals surface area contributed by atoms with Gasteiger partial charge in [0.2, 0.25) is 0 Å². The van der Waals surface area contributed by atoms with Gasteiger partial charge >= 0.3 is 0 Å². The first kappa shape index (κ1) is 15.0. The van der Waals surface area contributed by atoms with Gasteiger partial charge in [-0.15, -0.1) is 0 Å². The van der Waals surface area contributed by atoms with Crippen LogP contribution >= 0.6 is 0 Å². The van der Waals surface area contributed by atoms with Crippen LogP contribution in [0.3, 0.4) is 0 Å². The van der Waals surface area contributed by atoms with E-state index in [1.54, 1.807) is 5.43 Å². The number of rotatable bonds is 5. The van der Waals surface area contributed by atoms with Crippen molar-refractivity contribution in [3.8, 4) is 5.75 Å². The van der Waals surface area contributed by atoms with Crippen molar-refractivity contribution in [2.24, 2.45) is 10.7 Å². The number of hydrogen-bond acceptors (Lipinski definition) is 5. The van der Waals surface area contributed by atoms with E-state index in [0.717, 1.165) is 31.4 Å². The van der Waals surface area contributed by atoms with Crippen molar-refractivity contribution in [2.45, 2.75) is 32.1 Å². The van der Waals surface area contributed by atoms with E-state index in [2.05, 4.69) is 4.99 Å². The van der Waals surface area contributed by atoms with Crippen molar-refractivity contribution in [3.63, 3.8) is 0 Å². The van der Waals surface area contributed by atoms with Gasteiger partial charge in [0.1, 0.15) is 5.75 Å². The summed E-state index contributed by atoms with van der Waals surface area (Å²) in [6.07, 6.45) is 2.83. The van der Waals surface area contributed by atoms with E-state index in [-0.39, 0.29) is 18.8 Å². The Bertz CT molecular complexity index is 515. The summed E-state index contributed by atoms with van der Waals surface area (Å²) in [6.45, 7) is 0.952. The zero-order valence-electron chi connectivity index (χ0n) is 11.5. The summed E-state index contributed by atoms with van der Waals surface area (Å²) in [5.41, 5.74) is 7.99. The van der Waals surface area contributed by atoms with Gasteiger partial charge in [0.25, 0.3) is 5.96 Å². The van der Waals surface area contributed by atoms with Gasteiger partial charge in [-0.2, -0.15) is 0 Å². The lowest BCUT2D eigenvalue weighted by molar-refractivity contribution is -0.525. The second-order valence-electron chi connectivity index (χ2n) is 4.63. The van der Waals surface area contributed by atoms with E-state index in [1.165, 1.54) is 0 Å². The maximum absolute atomic E-state index is 10.2. The lowest BCUT2D eigenvalue weighted by atomic mass is 10.2. The molecule has 1 fully saturated rings. The molecule has 1 unspecified atom stereocenters. The number of benzene rings is 1. The van der Waals surface area contributed by atoms with E-state index < -0.39 is 5.03 Å². The van der Waals surface area contributed by atoms with E-state index >= 15 is 0 Å². The molecule has 0 spiro atoms. The Kier molecular flexibility index (Phi) is 5.33. The molecular weight excluding hydrogens is 276 g/mol. The maximum atomic E-state index is 10.2. The van der Waals surface area contributed by atoms with E-state index in [0.29, 0.717) is 5.75 Å². The highest BCUT2D eigenvalue weighted by Crippen LogP contribution is 2.20. The Labute approximate surface area is 122 Å². The molecule has 0 aromatic heterocycles. The van der Waals surface area contributed by atoms with Crippen LogP contribution < -0.4 is 15.9 Å². The van der Waals surface area contributed by atoms with Gasteiger partial charge in [-0.25, -0.2) is 15.1 Å². The van der Waals surface area contributed by atoms with Gasteiger partial charge in [-0.1, -0.05) is 17.6 Å². The summed E-state index contributed by atoms with van der Waals surface area (Å²) >= 11 is 0. The van der Waals surface area contributed by atoms with Crippen molar-refractivity contribution in [2.75, 3.05) is 6.61 Å². The molecule has 0 radical (unpaired) electrons. The van der Waals surface area contributed by atoms with Gasteiger partial charge in [-0.3, -0.25) is 0 Å². The Morgan fingerprint density at radius 1 is 1.57 bits per heavy atom. The minimum absolute atomic E-state index is 0.210. The third-order valence-electron chi connectivity index (χ3n) is 2.94. The maximum Gasteiger partial charge on any atom is 0.251 e. The van der Waals surface area contributed by atoms with Crippen LogP contribution in [-0.2, 0) is 11.3 Å². The lowest BCUT2D eigenvalue weighted by Crippen LogP contribution is -2.36. The van der Waals surface area contributed by atoms with Crippen LogP contribution in [0.25, 0.3) is 0 Å². The monoisotopic (exact) mass is 294 g/mol. The van der Waals surface area contributed by atoms with Gasteiger partial charge in [0, 0.05) is 6.42 Å². The third-order valence-corrected chi connectivity index (χ3v) is 2.94. The van der Waals surface area contributed by atoms with Crippen LogP contribution in [0.4, 0.5) is 0 Å². The zero-order valence-corrected chi connectivity index (χ0v) is 11.5. The first-order valence-electron chi connectivity index (χ1n) is 6.71. The Balaban J connectivity index is 1.92. The number of nitrogens with one attached hydrogen (secondary N) is 1. The molecule has 1 atom stereocenters. The van der Waals surface area contributed by atoms with Crippen LogP contribution in [0.5, 0.6) is 5.75 Å². The third kappa shape index (κ3) is 5.27. The normalized spacial score (nSPS) is 19.0. The average Bonchev–Trinajstić information content (AvgIpc) is 2.46. The molecule has 0 bridgehead atoms. The predicted molar refractivity (Wildman–Crippen MR) is 76.1 cm³/mol. The Morgan fingerprint density at radius 2 is 2.43 bits per heavy atom. The number of aliphatic imine (C=N–C) groups is 1. The number of nitro groups is 1. The number of guanidine groups is 1. The summed E-state index contributed by atoms with van der Waals surface area (Å²) in [7, 11) is 0. The molecule has 2 rings (SSSR count). The molecular formula is C13H18N4O4. The van der Waals surface area contributed by atoms with Crippen molar-refractivity contribution in [3.05, 3.63) is 39.9 Å². The van der Waals surface area contributed by atoms with Gasteiger partial charge in [0.15, 0.2) is 11.3 Å². The first-order valence-corrected chi connectivity index (χ1v) is 6.71. The van der Waals surface area contributed by atoms with E-state index in [9.17, 15) is 10.1 Å². The average molecular weight is 294 g/mol. The minimum Gasteiger partial charge on any atom is -0.465 e. The standard InChI is InChI=1S/C13H18N4O4/c14-13(16-17(18)19)15-9-10-4-3-5-11(8-10)21-12-6-1-2-7-20-12/h3-5,8,12H,1-2,6-7,9H2,(H3,14,15,16). The van der Waals surface area contributed by atoms with Crippen molar-refractivity contribution in [1.82, 2.24) is 5.43 Å². The van der Waals surface area contributed by atoms with Crippen LogP contribution in [0.15, 0.2) is 29.3 Å². The van der Waals surface area contributed by atoms with Crippen LogP contribution in [0.1, 0.15) is 24.8 Å². The van der Waals surface area contributed by atoms with Crippen LogP contribution in [0.2, 0.25) is 0 Å². The zero-order chi connectivity index (χ0) is 15.1. The van der Waals surface area contributed by atoms with Crippen molar-refractivity contribution in [1.29, 1.82) is 0 Å². The summed E-state index contributed by atoms with van der Waals surface area (Å²) < 4.78 is 11.3. The predicted octanol–water partition coefficient (Wildman–Crippen LogP) is 1.19. The number of hydrogen-bond donors (Lipinski definition) is 2. The van der Waals surface area contributed by atoms with Crippen molar-refractivity contribution < 1.29 is 14.5 Å². The molecule has 0 saturated carbocycles. The molecule has 21 heavy (non-hydrogen) atoms. The van der Waals surface area contributed by atoms with Crippen LogP contribution in [-0.4, -0.2) is 23.9 Å². The smallest absolute Gasteiger partial charge is 0.251 e. The summed E-state index contributed by atoms with van der Waals surface area (Å²) in [5.74, 6) is 0.456. The molecule has 1 aliphatic heterocycles. The van der Waals surface area contributed by atoms with Gasteiger partial charge in [-0.05, 0) is 30.5 Å². The Morgan fingerprint density at radius 3 is 3.14 bits per heavy atom. The molecule has 0 aliphatic carbocycles. The molecule has 8 heteroatoms. The summed E-state index contributed by atoms with van der Waals surface area (Å²) in [6, 6.07) is 7.34. The molecule has 3 N–H and O–H groups in total. The molecule has 1 heterocycles. The van der Waals surface area contributed by atoms with Crippen molar-refractivity contribution >= 4 is 5.96 Å². The highest BCUT2D eigenvalue weighted by Gasteiger charge is 2.15. The largest absolute Gasteiger partial charge is 0.465 e. The molecule has 1 aromatic rings. The fourth-order valence-electron chi connectivity index (χ4n) is 1.98. The van der Waals surface area contributed by atoms with Crippen LogP contribution in [0, 0.1) is 10.1 Å². The summed E-state index contributed by atoms with van der Waals surface area (Å²) in [4.78, 5) is 14.1. The molecule has 8 nitrogen and oxygen atoms in total. The highest BCUT2D eigenvalue weighted by atomic mass is 16.7. The Hall–Kier alpha value is -2.35. The fraction of sp³-hybridized carbons (Fsp3) is 0.462. The number of ether oxygens (including phenoxy) is 2. The molecule has 114 valence electrons. The second-order valence-corrected chi connectivity index (χ2v) is 4.63. The van der Waals surface area contributed by atoms with E-state index in [1.807, 2.05) is 24.3 Å². The quantitative estimate of drug-likeness (QED) is 0.365. The SMILES string of the molecule is NC(=NCc1cccc(OC2CCCCO2)c1)N[N+](=O)[O-]. The highest BCUT2D eigenvalue weighted by molar-refractivity contribution is 5.76. The second kappa shape index (κ2) is 7.44. The fourth-order valence-corrected chi connectivity index (χ4v) is 1.98. The molecule has 1 aliphatic rings. The number of nitrogens with two attached hydrogens (primary N) is 1. The minimum atomic E-state index is -0.751. The number of nitrogens with zero attached hydrogens (tertiary/aromatic N) is 2. The summed E-state index contributed by atoms with van der Waals surface area (Å²) in [5, 5.41) is 9.45. The molecule has 1 saturated heterocycles. The lowest BCUT2D eigenvalue weighted by Gasteiger charge is -2.23. The molecule has 0 amide bonds. The van der Waals surface area contributed by atoms with Gasteiger partial charge in [0.05, 0.1) is 13.2 Å². The molecule has 1 aromatic carbocycles. The first-order chi connectivity index (χ1) is 10.1. The van der Waals surface area contributed by atoms with Gasteiger partial charge < -0.3 is 15.2 Å².